The van der Waals surface area contributed by atoms with Crippen molar-refractivity contribution >= 4 is 0 Å². The molecule has 1 N–H and O–H groups in total. The van der Waals surface area contributed by atoms with Crippen molar-refractivity contribution in [3.63, 3.8) is 0 Å². The van der Waals surface area contributed by atoms with Crippen LogP contribution in [0.1, 0.15) is 18.6 Å². The zero-order chi connectivity index (χ0) is 9.97. The van der Waals surface area contributed by atoms with E-state index in [2.05, 4.69) is 9.97 Å². The van der Waals surface area contributed by atoms with E-state index in [1.807, 2.05) is 12.1 Å². The summed E-state index contributed by atoms with van der Waals surface area (Å²) in [5.74, 6) is 0.722. The molecule has 0 bridgehead atoms. The third-order valence-corrected chi connectivity index (χ3v) is 2.02. The monoisotopic (exact) mass is 189 g/mol. The van der Waals surface area contributed by atoms with Gasteiger partial charge in [-0.2, -0.15) is 0 Å². The minimum Gasteiger partial charge on any atom is -0.389 e. The maximum Gasteiger partial charge on any atom is 0.143 e. The number of aromatic nitrogens is 3. The number of imidazole rings is 1. The summed E-state index contributed by atoms with van der Waals surface area (Å²) in [4.78, 5) is 8.15. The minimum absolute atomic E-state index is 0.527. The van der Waals surface area contributed by atoms with Crippen LogP contribution in [-0.4, -0.2) is 19.6 Å². The Labute approximate surface area is 81.9 Å². The lowest BCUT2D eigenvalue weighted by Gasteiger charge is -2.10. The van der Waals surface area contributed by atoms with Crippen molar-refractivity contribution in [3.8, 4) is 5.82 Å². The van der Waals surface area contributed by atoms with Crippen LogP contribution in [0.25, 0.3) is 5.82 Å². The SMILES string of the molecule is C[C@@H](O)c1cccnc1-n1ccnc1. The van der Waals surface area contributed by atoms with E-state index in [1.165, 1.54) is 0 Å². The van der Waals surface area contributed by atoms with Gasteiger partial charge in [-0.1, -0.05) is 6.07 Å². The average Bonchev–Trinajstić information content (AvgIpc) is 2.70. The molecule has 14 heavy (non-hydrogen) atoms. The first kappa shape index (κ1) is 8.90. The molecule has 0 spiro atoms. The highest BCUT2D eigenvalue weighted by Crippen LogP contribution is 2.18. The predicted molar refractivity (Wildman–Crippen MR) is 52.0 cm³/mol. The number of aliphatic hydroxyl groups is 1. The fourth-order valence-corrected chi connectivity index (χ4v) is 1.34. The van der Waals surface area contributed by atoms with Crippen molar-refractivity contribution in [2.24, 2.45) is 0 Å². The number of hydrogen-bond acceptors (Lipinski definition) is 3. The Kier molecular flexibility index (Phi) is 2.28. The van der Waals surface area contributed by atoms with Crippen molar-refractivity contribution in [1.82, 2.24) is 14.5 Å². The number of aliphatic hydroxyl groups excluding tert-OH is 1. The topological polar surface area (TPSA) is 50.9 Å². The van der Waals surface area contributed by atoms with E-state index in [1.54, 1.807) is 36.4 Å². The van der Waals surface area contributed by atoms with Crippen molar-refractivity contribution in [2.45, 2.75) is 13.0 Å². The molecule has 0 aliphatic rings. The minimum atomic E-state index is -0.527. The molecule has 2 aromatic heterocycles. The summed E-state index contributed by atoms with van der Waals surface area (Å²) in [6, 6.07) is 3.66. The van der Waals surface area contributed by atoms with Crippen LogP contribution in [0, 0.1) is 0 Å². The van der Waals surface area contributed by atoms with Crippen LogP contribution < -0.4 is 0 Å². The molecule has 4 heteroatoms. The molecule has 0 aliphatic carbocycles. The van der Waals surface area contributed by atoms with Crippen LogP contribution in [-0.2, 0) is 0 Å². The molecule has 0 saturated heterocycles. The van der Waals surface area contributed by atoms with Crippen molar-refractivity contribution < 1.29 is 5.11 Å². The lowest BCUT2D eigenvalue weighted by molar-refractivity contribution is 0.198. The Morgan fingerprint density at radius 2 is 2.29 bits per heavy atom. The first-order chi connectivity index (χ1) is 6.79. The first-order valence-corrected chi connectivity index (χ1v) is 4.40. The summed E-state index contributed by atoms with van der Waals surface area (Å²) >= 11 is 0. The van der Waals surface area contributed by atoms with Gasteiger partial charge in [0.1, 0.15) is 12.1 Å². The molecule has 0 aromatic carbocycles. The standard InChI is InChI=1S/C10H11N3O/c1-8(14)9-3-2-4-12-10(9)13-6-5-11-7-13/h2-8,14H,1H3/t8-/m1/s1. The summed E-state index contributed by atoms with van der Waals surface area (Å²) in [5, 5.41) is 9.53. The molecule has 0 saturated carbocycles. The summed E-state index contributed by atoms with van der Waals surface area (Å²) in [7, 11) is 0. The molecule has 0 radical (unpaired) electrons. The summed E-state index contributed by atoms with van der Waals surface area (Å²) in [6.07, 6.45) is 6.31. The van der Waals surface area contributed by atoms with Crippen molar-refractivity contribution in [1.29, 1.82) is 0 Å². The Hall–Kier alpha value is -1.68. The Bertz CT molecular complexity index is 409. The largest absolute Gasteiger partial charge is 0.389 e. The maximum absolute atomic E-state index is 9.53. The average molecular weight is 189 g/mol. The molecule has 1 atom stereocenters. The van der Waals surface area contributed by atoms with E-state index >= 15 is 0 Å². The van der Waals surface area contributed by atoms with E-state index in [0.717, 1.165) is 11.4 Å². The zero-order valence-corrected chi connectivity index (χ0v) is 7.83. The fraction of sp³-hybridized carbons (Fsp3) is 0.200. The molecule has 2 aromatic rings. The van der Waals surface area contributed by atoms with Crippen LogP contribution in [0.15, 0.2) is 37.1 Å². The lowest BCUT2D eigenvalue weighted by Crippen LogP contribution is -2.03. The van der Waals surface area contributed by atoms with E-state index in [4.69, 9.17) is 0 Å². The summed E-state index contributed by atoms with van der Waals surface area (Å²) < 4.78 is 1.78. The van der Waals surface area contributed by atoms with E-state index in [9.17, 15) is 5.11 Å². The van der Waals surface area contributed by atoms with Crippen LogP contribution in [0.3, 0.4) is 0 Å². The smallest absolute Gasteiger partial charge is 0.143 e. The molecule has 0 unspecified atom stereocenters. The molecule has 2 rings (SSSR count). The van der Waals surface area contributed by atoms with Crippen LogP contribution in [0.5, 0.6) is 0 Å². The molecule has 72 valence electrons. The van der Waals surface area contributed by atoms with Gasteiger partial charge in [0.15, 0.2) is 0 Å². The van der Waals surface area contributed by atoms with Gasteiger partial charge in [0.2, 0.25) is 0 Å². The van der Waals surface area contributed by atoms with Crippen LogP contribution in [0.2, 0.25) is 0 Å². The van der Waals surface area contributed by atoms with Crippen molar-refractivity contribution in [2.75, 3.05) is 0 Å². The number of rotatable bonds is 2. The fourth-order valence-electron chi connectivity index (χ4n) is 1.34. The number of hydrogen-bond donors (Lipinski definition) is 1. The van der Waals surface area contributed by atoms with E-state index < -0.39 is 6.10 Å². The van der Waals surface area contributed by atoms with Gasteiger partial charge in [0.25, 0.3) is 0 Å². The van der Waals surface area contributed by atoms with Gasteiger partial charge in [-0.25, -0.2) is 9.97 Å². The first-order valence-electron chi connectivity index (χ1n) is 4.40. The van der Waals surface area contributed by atoms with Gasteiger partial charge < -0.3 is 5.11 Å². The number of nitrogens with zero attached hydrogens (tertiary/aromatic N) is 3. The van der Waals surface area contributed by atoms with Crippen molar-refractivity contribution in [3.05, 3.63) is 42.6 Å². The highest BCUT2D eigenvalue weighted by molar-refractivity contribution is 5.34. The summed E-state index contributed by atoms with van der Waals surface area (Å²) in [6.45, 7) is 1.72. The molecular weight excluding hydrogens is 178 g/mol. The third kappa shape index (κ3) is 1.52. The van der Waals surface area contributed by atoms with Gasteiger partial charge >= 0.3 is 0 Å². The van der Waals surface area contributed by atoms with Crippen LogP contribution in [0.4, 0.5) is 0 Å². The highest BCUT2D eigenvalue weighted by atomic mass is 16.3. The quantitative estimate of drug-likeness (QED) is 0.775. The molecule has 0 amide bonds. The molecule has 0 aliphatic heterocycles. The molecular formula is C10H11N3O. The Morgan fingerprint density at radius 3 is 2.93 bits per heavy atom. The summed E-state index contributed by atoms with van der Waals surface area (Å²) in [5.41, 5.74) is 0.797. The second-order valence-electron chi connectivity index (χ2n) is 3.06. The molecule has 4 nitrogen and oxygen atoms in total. The second-order valence-corrected chi connectivity index (χ2v) is 3.06. The van der Waals surface area contributed by atoms with Gasteiger partial charge in [-0.3, -0.25) is 4.57 Å². The lowest BCUT2D eigenvalue weighted by atomic mass is 10.1. The normalized spacial score (nSPS) is 12.7. The van der Waals surface area contributed by atoms with Gasteiger partial charge in [0.05, 0.1) is 6.10 Å². The zero-order valence-electron chi connectivity index (χ0n) is 7.83. The third-order valence-electron chi connectivity index (χ3n) is 2.02. The number of pyridine rings is 1. The van der Waals surface area contributed by atoms with Gasteiger partial charge in [0, 0.05) is 24.2 Å². The predicted octanol–water partition coefficient (Wildman–Crippen LogP) is 1.32. The highest BCUT2D eigenvalue weighted by Gasteiger charge is 2.09. The van der Waals surface area contributed by atoms with E-state index in [0.29, 0.717) is 0 Å². The molecule has 0 fully saturated rings. The van der Waals surface area contributed by atoms with Gasteiger partial charge in [-0.15, -0.1) is 0 Å². The molecule has 2 heterocycles. The van der Waals surface area contributed by atoms with Crippen LogP contribution >= 0.6 is 0 Å². The van der Waals surface area contributed by atoms with Gasteiger partial charge in [-0.05, 0) is 13.0 Å². The maximum atomic E-state index is 9.53. The van der Waals surface area contributed by atoms with E-state index in [-0.39, 0.29) is 0 Å². The second kappa shape index (κ2) is 3.59. The Morgan fingerprint density at radius 1 is 1.43 bits per heavy atom. The Balaban J connectivity index is 2.53.